The smallest absolute Gasteiger partial charge is 0.245 e. The minimum absolute atomic E-state index is 0.126. The van der Waals surface area contributed by atoms with Gasteiger partial charge in [-0.25, -0.2) is 0 Å². The Morgan fingerprint density at radius 1 is 1.44 bits per heavy atom. The largest absolute Gasteiger partial charge is 0.344 e. The molecular weight excluding hydrogens is 204 g/mol. The molecule has 2 rings (SSSR count). The standard InChI is InChI=1S/C12H16N2O2/c1-8-6-10(7-15)9(2)14(8)11-4-5-13(3)12(11)16/h6-7,11H,4-5H2,1-3H3. The van der Waals surface area contributed by atoms with E-state index in [2.05, 4.69) is 0 Å². The van der Waals surface area contributed by atoms with Crippen LogP contribution in [0.15, 0.2) is 6.07 Å². The van der Waals surface area contributed by atoms with E-state index in [0.717, 1.165) is 30.6 Å². The summed E-state index contributed by atoms with van der Waals surface area (Å²) in [6.45, 7) is 4.62. The summed E-state index contributed by atoms with van der Waals surface area (Å²) in [7, 11) is 1.82. The number of rotatable bonds is 2. The van der Waals surface area contributed by atoms with Gasteiger partial charge in [-0.15, -0.1) is 0 Å². The molecule has 86 valence electrons. The summed E-state index contributed by atoms with van der Waals surface area (Å²) in [4.78, 5) is 24.5. The van der Waals surface area contributed by atoms with Crippen LogP contribution >= 0.6 is 0 Å². The first-order valence-electron chi connectivity index (χ1n) is 5.45. The summed E-state index contributed by atoms with van der Waals surface area (Å²) in [5.41, 5.74) is 2.55. The molecule has 4 heteroatoms. The molecule has 16 heavy (non-hydrogen) atoms. The molecule has 1 saturated heterocycles. The van der Waals surface area contributed by atoms with Gasteiger partial charge in [0.05, 0.1) is 0 Å². The van der Waals surface area contributed by atoms with Crippen molar-refractivity contribution in [2.45, 2.75) is 26.3 Å². The summed E-state index contributed by atoms with van der Waals surface area (Å²) in [6.07, 6.45) is 1.67. The molecule has 1 aliphatic rings. The van der Waals surface area contributed by atoms with Crippen molar-refractivity contribution in [3.8, 4) is 0 Å². The molecule has 0 spiro atoms. The van der Waals surface area contributed by atoms with Gasteiger partial charge in [0.15, 0.2) is 6.29 Å². The molecule has 0 N–H and O–H groups in total. The second-order valence-electron chi connectivity index (χ2n) is 4.38. The van der Waals surface area contributed by atoms with Gasteiger partial charge in [0.2, 0.25) is 5.91 Å². The van der Waals surface area contributed by atoms with Crippen molar-refractivity contribution < 1.29 is 9.59 Å². The van der Waals surface area contributed by atoms with Gasteiger partial charge in [0.25, 0.3) is 0 Å². The van der Waals surface area contributed by atoms with E-state index >= 15 is 0 Å². The Hall–Kier alpha value is -1.58. The molecule has 2 heterocycles. The van der Waals surface area contributed by atoms with Crippen molar-refractivity contribution in [2.75, 3.05) is 13.6 Å². The molecular formula is C12H16N2O2. The van der Waals surface area contributed by atoms with Crippen LogP contribution in [0.25, 0.3) is 0 Å². The highest BCUT2D eigenvalue weighted by atomic mass is 16.2. The van der Waals surface area contributed by atoms with Crippen LogP contribution in [0.2, 0.25) is 0 Å². The lowest BCUT2D eigenvalue weighted by molar-refractivity contribution is -0.129. The summed E-state index contributed by atoms with van der Waals surface area (Å²) in [6, 6.07) is 1.72. The third kappa shape index (κ3) is 1.45. The van der Waals surface area contributed by atoms with Gasteiger partial charge in [-0.1, -0.05) is 0 Å². The lowest BCUT2D eigenvalue weighted by Crippen LogP contribution is -2.25. The Balaban J connectivity index is 2.45. The lowest BCUT2D eigenvalue weighted by atomic mass is 10.2. The highest BCUT2D eigenvalue weighted by Crippen LogP contribution is 2.27. The fraction of sp³-hybridized carbons (Fsp3) is 0.500. The van der Waals surface area contributed by atoms with E-state index < -0.39 is 0 Å². The van der Waals surface area contributed by atoms with E-state index in [-0.39, 0.29) is 11.9 Å². The molecule has 0 aliphatic carbocycles. The van der Waals surface area contributed by atoms with E-state index in [1.807, 2.05) is 31.5 Å². The zero-order chi connectivity index (χ0) is 11.9. The second kappa shape index (κ2) is 3.77. The second-order valence-corrected chi connectivity index (χ2v) is 4.38. The minimum Gasteiger partial charge on any atom is -0.344 e. The SMILES string of the molecule is Cc1cc(C=O)c(C)n1C1CCN(C)C1=O. The van der Waals surface area contributed by atoms with Crippen molar-refractivity contribution in [3.05, 3.63) is 23.0 Å². The third-order valence-electron chi connectivity index (χ3n) is 3.36. The molecule has 1 aromatic rings. The van der Waals surface area contributed by atoms with Gasteiger partial charge < -0.3 is 9.47 Å². The van der Waals surface area contributed by atoms with Crippen LogP contribution < -0.4 is 0 Å². The monoisotopic (exact) mass is 220 g/mol. The maximum absolute atomic E-state index is 11.9. The van der Waals surface area contributed by atoms with Crippen molar-refractivity contribution in [1.29, 1.82) is 0 Å². The van der Waals surface area contributed by atoms with E-state index in [4.69, 9.17) is 0 Å². The van der Waals surface area contributed by atoms with Crippen molar-refractivity contribution in [3.63, 3.8) is 0 Å². The average molecular weight is 220 g/mol. The van der Waals surface area contributed by atoms with Crippen molar-refractivity contribution in [1.82, 2.24) is 9.47 Å². The van der Waals surface area contributed by atoms with Crippen LogP contribution in [0.4, 0.5) is 0 Å². The molecule has 1 atom stereocenters. The number of aryl methyl sites for hydroxylation is 1. The van der Waals surface area contributed by atoms with Crippen LogP contribution in [0.3, 0.4) is 0 Å². The third-order valence-corrected chi connectivity index (χ3v) is 3.36. The zero-order valence-corrected chi connectivity index (χ0v) is 9.86. The number of carbonyl (C=O) groups excluding carboxylic acids is 2. The number of likely N-dealkylation sites (tertiary alicyclic amines) is 1. The summed E-state index contributed by atoms with van der Waals surface area (Å²) >= 11 is 0. The summed E-state index contributed by atoms with van der Waals surface area (Å²) in [5, 5.41) is 0. The molecule has 0 saturated carbocycles. The maximum atomic E-state index is 11.9. The number of hydrogen-bond acceptors (Lipinski definition) is 2. The number of nitrogens with zero attached hydrogens (tertiary/aromatic N) is 2. The first kappa shape index (κ1) is 10.9. The first-order valence-corrected chi connectivity index (χ1v) is 5.45. The van der Waals surface area contributed by atoms with E-state index in [1.54, 1.807) is 4.90 Å². The normalized spacial score (nSPS) is 20.6. The number of carbonyl (C=O) groups is 2. The van der Waals surface area contributed by atoms with Crippen LogP contribution in [0, 0.1) is 13.8 Å². The Morgan fingerprint density at radius 3 is 2.56 bits per heavy atom. The molecule has 0 radical (unpaired) electrons. The highest BCUT2D eigenvalue weighted by molar-refractivity contribution is 5.83. The fourth-order valence-electron chi connectivity index (χ4n) is 2.45. The Bertz CT molecular complexity index is 448. The summed E-state index contributed by atoms with van der Waals surface area (Å²) in [5.74, 6) is 0.138. The molecule has 1 aliphatic heterocycles. The highest BCUT2D eigenvalue weighted by Gasteiger charge is 2.32. The topological polar surface area (TPSA) is 42.3 Å². The van der Waals surface area contributed by atoms with Gasteiger partial charge in [0.1, 0.15) is 6.04 Å². The number of amides is 1. The van der Waals surface area contributed by atoms with Gasteiger partial charge >= 0.3 is 0 Å². The summed E-state index contributed by atoms with van der Waals surface area (Å²) < 4.78 is 1.98. The zero-order valence-electron chi connectivity index (χ0n) is 9.86. The molecule has 4 nitrogen and oxygen atoms in total. The van der Waals surface area contributed by atoms with Crippen LogP contribution in [0.5, 0.6) is 0 Å². The predicted octanol–water partition coefficient (Wildman–Crippen LogP) is 1.32. The Morgan fingerprint density at radius 2 is 2.12 bits per heavy atom. The molecule has 1 aromatic heterocycles. The lowest BCUT2D eigenvalue weighted by Gasteiger charge is -2.16. The van der Waals surface area contributed by atoms with E-state index in [0.29, 0.717) is 5.56 Å². The molecule has 0 bridgehead atoms. The maximum Gasteiger partial charge on any atom is 0.245 e. The van der Waals surface area contributed by atoms with Crippen molar-refractivity contribution in [2.24, 2.45) is 0 Å². The first-order chi connectivity index (χ1) is 7.56. The molecule has 1 amide bonds. The van der Waals surface area contributed by atoms with Crippen LogP contribution in [0.1, 0.15) is 34.2 Å². The molecule has 1 unspecified atom stereocenters. The number of aromatic nitrogens is 1. The van der Waals surface area contributed by atoms with Gasteiger partial charge in [-0.3, -0.25) is 9.59 Å². The van der Waals surface area contributed by atoms with Crippen LogP contribution in [-0.4, -0.2) is 35.3 Å². The average Bonchev–Trinajstić information content (AvgIpc) is 2.71. The Kier molecular flexibility index (Phi) is 2.58. The quantitative estimate of drug-likeness (QED) is 0.705. The number of aldehydes is 1. The predicted molar refractivity (Wildman–Crippen MR) is 60.6 cm³/mol. The van der Waals surface area contributed by atoms with Gasteiger partial charge in [-0.05, 0) is 26.3 Å². The molecule has 0 aromatic carbocycles. The van der Waals surface area contributed by atoms with E-state index in [9.17, 15) is 9.59 Å². The van der Waals surface area contributed by atoms with Crippen LogP contribution in [-0.2, 0) is 4.79 Å². The van der Waals surface area contributed by atoms with Gasteiger partial charge in [0, 0.05) is 30.5 Å². The van der Waals surface area contributed by atoms with Crippen molar-refractivity contribution >= 4 is 12.2 Å². The molecule has 1 fully saturated rings. The van der Waals surface area contributed by atoms with E-state index in [1.165, 1.54) is 0 Å². The number of likely N-dealkylation sites (N-methyl/N-ethyl adjacent to an activating group) is 1. The number of hydrogen-bond donors (Lipinski definition) is 0. The Labute approximate surface area is 94.8 Å². The fourth-order valence-corrected chi connectivity index (χ4v) is 2.45. The minimum atomic E-state index is -0.126. The van der Waals surface area contributed by atoms with Gasteiger partial charge in [-0.2, -0.15) is 0 Å².